The third kappa shape index (κ3) is 3.49. The highest BCUT2D eigenvalue weighted by Crippen LogP contribution is 2.32. The van der Waals surface area contributed by atoms with E-state index in [0.29, 0.717) is 23.7 Å². The number of benzene rings is 2. The van der Waals surface area contributed by atoms with Crippen molar-refractivity contribution in [3.8, 4) is 17.6 Å². The van der Waals surface area contributed by atoms with Gasteiger partial charge in [-0.15, -0.1) is 0 Å². The molecule has 0 spiro atoms. The summed E-state index contributed by atoms with van der Waals surface area (Å²) in [4.78, 5) is 8.44. The summed E-state index contributed by atoms with van der Waals surface area (Å²) in [5.74, 6) is 2.86. The number of fused-ring (bicyclic) bond motifs is 1. The molecule has 0 saturated heterocycles. The van der Waals surface area contributed by atoms with Crippen molar-refractivity contribution in [1.82, 2.24) is 9.97 Å². The van der Waals surface area contributed by atoms with Gasteiger partial charge in [0, 0.05) is 18.3 Å². The molecular weight excluding hydrogens is 330 g/mol. The van der Waals surface area contributed by atoms with Crippen molar-refractivity contribution in [1.29, 1.82) is 5.26 Å². The molecule has 7 heteroatoms. The Morgan fingerprint density at radius 3 is 2.81 bits per heavy atom. The number of anilines is 3. The van der Waals surface area contributed by atoms with E-state index in [9.17, 15) is 0 Å². The largest absolute Gasteiger partial charge is 0.454 e. The molecule has 2 N–H and O–H groups in total. The SMILES string of the molecule is N#Cc1cccc(Nc2cc(NCc3ccc4c(c3)OCO4)ncn2)c1. The average Bonchev–Trinajstić information content (AvgIpc) is 3.15. The monoisotopic (exact) mass is 345 g/mol. The van der Waals surface area contributed by atoms with Crippen LogP contribution in [0.4, 0.5) is 17.3 Å². The Bertz CT molecular complexity index is 984. The minimum absolute atomic E-state index is 0.264. The Labute approximate surface area is 150 Å². The van der Waals surface area contributed by atoms with Gasteiger partial charge in [-0.1, -0.05) is 12.1 Å². The van der Waals surface area contributed by atoms with Crippen LogP contribution in [0, 0.1) is 11.3 Å². The zero-order valence-corrected chi connectivity index (χ0v) is 13.8. The third-order valence-corrected chi connectivity index (χ3v) is 3.84. The van der Waals surface area contributed by atoms with E-state index in [4.69, 9.17) is 14.7 Å². The first-order valence-corrected chi connectivity index (χ1v) is 8.02. The summed E-state index contributed by atoms with van der Waals surface area (Å²) in [7, 11) is 0. The minimum Gasteiger partial charge on any atom is -0.454 e. The second-order valence-corrected chi connectivity index (χ2v) is 5.65. The van der Waals surface area contributed by atoms with Crippen LogP contribution < -0.4 is 20.1 Å². The summed E-state index contributed by atoms with van der Waals surface area (Å²) >= 11 is 0. The molecule has 0 radical (unpaired) electrons. The number of nitriles is 1. The third-order valence-electron chi connectivity index (χ3n) is 3.84. The molecule has 0 unspecified atom stereocenters. The van der Waals surface area contributed by atoms with Crippen molar-refractivity contribution in [2.75, 3.05) is 17.4 Å². The lowest BCUT2D eigenvalue weighted by atomic mass is 10.2. The molecule has 2 aromatic carbocycles. The maximum Gasteiger partial charge on any atom is 0.231 e. The molecule has 3 aromatic rings. The van der Waals surface area contributed by atoms with Crippen molar-refractivity contribution in [2.24, 2.45) is 0 Å². The molecule has 4 rings (SSSR count). The zero-order chi connectivity index (χ0) is 17.8. The van der Waals surface area contributed by atoms with Gasteiger partial charge in [-0.05, 0) is 35.9 Å². The second kappa shape index (κ2) is 6.99. The van der Waals surface area contributed by atoms with Crippen LogP contribution in [0.25, 0.3) is 0 Å². The van der Waals surface area contributed by atoms with Crippen LogP contribution in [0.3, 0.4) is 0 Å². The average molecular weight is 345 g/mol. The summed E-state index contributed by atoms with van der Waals surface area (Å²) in [6, 6.07) is 17.0. The molecule has 0 fully saturated rings. The fourth-order valence-electron chi connectivity index (χ4n) is 2.58. The van der Waals surface area contributed by atoms with Gasteiger partial charge in [-0.2, -0.15) is 5.26 Å². The highest BCUT2D eigenvalue weighted by atomic mass is 16.7. The van der Waals surface area contributed by atoms with Crippen molar-refractivity contribution in [3.63, 3.8) is 0 Å². The van der Waals surface area contributed by atoms with Crippen molar-refractivity contribution in [2.45, 2.75) is 6.54 Å². The predicted molar refractivity (Wildman–Crippen MR) is 96.4 cm³/mol. The van der Waals surface area contributed by atoms with Gasteiger partial charge in [0.2, 0.25) is 6.79 Å². The Balaban J connectivity index is 1.43. The first-order chi connectivity index (χ1) is 12.8. The van der Waals surface area contributed by atoms with E-state index >= 15 is 0 Å². The number of aromatic nitrogens is 2. The summed E-state index contributed by atoms with van der Waals surface area (Å²) in [5.41, 5.74) is 2.44. The first kappa shape index (κ1) is 15.7. The van der Waals surface area contributed by atoms with Crippen LogP contribution in [-0.2, 0) is 6.54 Å². The molecule has 1 aliphatic rings. The van der Waals surface area contributed by atoms with E-state index in [2.05, 4.69) is 26.7 Å². The number of nitrogens with one attached hydrogen (secondary N) is 2. The van der Waals surface area contributed by atoms with E-state index in [1.54, 1.807) is 12.1 Å². The van der Waals surface area contributed by atoms with Crippen LogP contribution >= 0.6 is 0 Å². The summed E-state index contributed by atoms with van der Waals surface area (Å²) in [5, 5.41) is 15.4. The minimum atomic E-state index is 0.264. The number of rotatable bonds is 5. The maximum atomic E-state index is 8.98. The first-order valence-electron chi connectivity index (χ1n) is 8.02. The van der Waals surface area contributed by atoms with Crippen molar-refractivity contribution in [3.05, 3.63) is 66.0 Å². The highest BCUT2D eigenvalue weighted by Gasteiger charge is 2.13. The molecule has 0 amide bonds. The van der Waals surface area contributed by atoms with Gasteiger partial charge in [0.25, 0.3) is 0 Å². The molecule has 0 atom stereocenters. The Morgan fingerprint density at radius 2 is 1.88 bits per heavy atom. The van der Waals surface area contributed by atoms with Gasteiger partial charge in [0.15, 0.2) is 11.5 Å². The Kier molecular flexibility index (Phi) is 4.23. The molecule has 26 heavy (non-hydrogen) atoms. The lowest BCUT2D eigenvalue weighted by Gasteiger charge is -2.09. The predicted octanol–water partition coefficient (Wildman–Crippen LogP) is 3.43. The second-order valence-electron chi connectivity index (χ2n) is 5.65. The molecule has 1 aromatic heterocycles. The number of hydrogen-bond acceptors (Lipinski definition) is 7. The topological polar surface area (TPSA) is 92.1 Å². The number of nitrogens with zero attached hydrogens (tertiary/aromatic N) is 3. The molecule has 2 heterocycles. The molecule has 0 aliphatic carbocycles. The molecule has 0 saturated carbocycles. The fourth-order valence-corrected chi connectivity index (χ4v) is 2.58. The molecular formula is C19H15N5O2. The van der Waals surface area contributed by atoms with E-state index in [0.717, 1.165) is 22.7 Å². The lowest BCUT2D eigenvalue weighted by Crippen LogP contribution is -2.03. The van der Waals surface area contributed by atoms with Gasteiger partial charge in [-0.3, -0.25) is 0 Å². The summed E-state index contributed by atoms with van der Waals surface area (Å²) < 4.78 is 10.7. The van der Waals surface area contributed by atoms with E-state index in [1.165, 1.54) is 6.33 Å². The van der Waals surface area contributed by atoms with Crippen molar-refractivity contribution >= 4 is 17.3 Å². The van der Waals surface area contributed by atoms with Gasteiger partial charge in [0.1, 0.15) is 18.0 Å². The quantitative estimate of drug-likeness (QED) is 0.732. The highest BCUT2D eigenvalue weighted by molar-refractivity contribution is 5.60. The normalized spacial score (nSPS) is 11.7. The Morgan fingerprint density at radius 1 is 1.00 bits per heavy atom. The van der Waals surface area contributed by atoms with E-state index < -0.39 is 0 Å². The molecule has 128 valence electrons. The van der Waals surface area contributed by atoms with E-state index in [-0.39, 0.29) is 6.79 Å². The molecule has 1 aliphatic heterocycles. The standard InChI is InChI=1S/C19H15N5O2/c20-9-13-2-1-3-15(6-13)24-19-8-18(22-11-23-19)21-10-14-4-5-16-17(7-14)26-12-25-16/h1-8,11H,10,12H2,(H2,21,22,23,24). The number of ether oxygens (including phenoxy) is 2. The molecule has 0 bridgehead atoms. The zero-order valence-electron chi connectivity index (χ0n) is 13.8. The van der Waals surface area contributed by atoms with Gasteiger partial charge in [0.05, 0.1) is 11.6 Å². The maximum absolute atomic E-state index is 8.98. The van der Waals surface area contributed by atoms with E-state index in [1.807, 2.05) is 36.4 Å². The van der Waals surface area contributed by atoms with Crippen LogP contribution in [0.1, 0.15) is 11.1 Å². The van der Waals surface area contributed by atoms with Crippen LogP contribution in [0.15, 0.2) is 54.9 Å². The van der Waals surface area contributed by atoms with Crippen LogP contribution in [0.5, 0.6) is 11.5 Å². The van der Waals surface area contributed by atoms with Crippen LogP contribution in [0.2, 0.25) is 0 Å². The van der Waals surface area contributed by atoms with Gasteiger partial charge in [-0.25, -0.2) is 9.97 Å². The summed E-state index contributed by atoms with van der Waals surface area (Å²) in [6.45, 7) is 0.858. The van der Waals surface area contributed by atoms with Gasteiger partial charge < -0.3 is 20.1 Å². The number of hydrogen-bond donors (Lipinski definition) is 2. The van der Waals surface area contributed by atoms with Crippen molar-refractivity contribution < 1.29 is 9.47 Å². The summed E-state index contributed by atoms with van der Waals surface area (Å²) in [6.07, 6.45) is 1.48. The van der Waals surface area contributed by atoms with Gasteiger partial charge >= 0.3 is 0 Å². The van der Waals surface area contributed by atoms with Crippen LogP contribution in [-0.4, -0.2) is 16.8 Å². The fraction of sp³-hybridized carbons (Fsp3) is 0.105. The smallest absolute Gasteiger partial charge is 0.231 e. The lowest BCUT2D eigenvalue weighted by molar-refractivity contribution is 0.174. The molecule has 7 nitrogen and oxygen atoms in total. The Hall–Kier alpha value is -3.79.